The minimum absolute atomic E-state index is 0.0986. The van der Waals surface area contributed by atoms with E-state index in [1.807, 2.05) is 31.2 Å². The van der Waals surface area contributed by atoms with E-state index >= 15 is 0 Å². The normalized spacial score (nSPS) is 12.7. The number of nitrogen functional groups attached to an aromatic ring is 1. The molecule has 0 bridgehead atoms. The molecule has 2 atom stereocenters. The lowest BCUT2D eigenvalue weighted by Crippen LogP contribution is -2.32. The number of anilines is 1. The largest absolute Gasteiger partial charge is 0.387 e. The Morgan fingerprint density at radius 2 is 1.52 bits per heavy atom. The van der Waals surface area contributed by atoms with Crippen LogP contribution in [0.1, 0.15) is 51.2 Å². The van der Waals surface area contributed by atoms with Gasteiger partial charge in [0.05, 0.1) is 17.4 Å². The van der Waals surface area contributed by atoms with Crippen LogP contribution in [-0.4, -0.2) is 50.0 Å². The number of carbonyl (C=O) groups excluding carboxylic acids is 2. The zero-order valence-electron chi connectivity index (χ0n) is 25.9. The summed E-state index contributed by atoms with van der Waals surface area (Å²) in [6.45, 7) is 3.00. The first kappa shape index (κ1) is 34.3. The number of hydrogen-bond acceptors (Lipinski definition) is 8. The molecule has 242 valence electrons. The smallest absolute Gasteiger partial charge is 0.251 e. The lowest BCUT2D eigenvalue weighted by atomic mass is 10.0. The van der Waals surface area contributed by atoms with E-state index in [2.05, 4.69) is 25.7 Å². The molecule has 12 heteroatoms. The van der Waals surface area contributed by atoms with Gasteiger partial charge in [-0.3, -0.25) is 9.59 Å². The molecule has 1 aromatic heterocycles. The number of sulfonamides is 1. The Labute approximate surface area is 269 Å². The number of nitrogens with two attached hydrogens (primary N) is 1. The lowest BCUT2D eigenvalue weighted by molar-refractivity contribution is -0.120. The Morgan fingerprint density at radius 3 is 2.17 bits per heavy atom. The van der Waals surface area contributed by atoms with Gasteiger partial charge in [0.1, 0.15) is 5.82 Å². The minimum Gasteiger partial charge on any atom is -0.387 e. The van der Waals surface area contributed by atoms with Crippen molar-refractivity contribution in [2.45, 2.75) is 49.9 Å². The van der Waals surface area contributed by atoms with E-state index in [4.69, 9.17) is 5.73 Å². The molecule has 2 unspecified atom stereocenters. The first-order valence-corrected chi connectivity index (χ1v) is 16.4. The van der Waals surface area contributed by atoms with Gasteiger partial charge in [0.15, 0.2) is 0 Å². The van der Waals surface area contributed by atoms with Crippen molar-refractivity contribution < 1.29 is 23.1 Å². The zero-order chi connectivity index (χ0) is 33.1. The van der Waals surface area contributed by atoms with E-state index in [-0.39, 0.29) is 35.7 Å². The summed E-state index contributed by atoms with van der Waals surface area (Å²) in [5.41, 5.74) is 10.4. The fourth-order valence-electron chi connectivity index (χ4n) is 4.75. The summed E-state index contributed by atoms with van der Waals surface area (Å²) in [6, 6.07) is 24.7. The van der Waals surface area contributed by atoms with Crippen molar-refractivity contribution in [2.75, 3.05) is 19.3 Å². The second-order valence-corrected chi connectivity index (χ2v) is 12.9. The first-order chi connectivity index (χ1) is 22.0. The van der Waals surface area contributed by atoms with Gasteiger partial charge in [-0.25, -0.2) is 18.1 Å². The maximum Gasteiger partial charge on any atom is 0.251 e. The number of aromatic nitrogens is 1. The van der Waals surface area contributed by atoms with E-state index in [1.165, 1.54) is 19.2 Å². The lowest BCUT2D eigenvalue weighted by Gasteiger charge is -2.18. The number of carbonyl (C=O) groups is 2. The summed E-state index contributed by atoms with van der Waals surface area (Å²) >= 11 is 0. The van der Waals surface area contributed by atoms with E-state index in [9.17, 15) is 23.1 Å². The maximum absolute atomic E-state index is 12.7. The van der Waals surface area contributed by atoms with Crippen molar-refractivity contribution in [2.24, 2.45) is 0 Å². The molecule has 0 aliphatic carbocycles. The molecule has 46 heavy (non-hydrogen) atoms. The topological polar surface area (TPSA) is 176 Å². The van der Waals surface area contributed by atoms with Crippen LogP contribution in [0.25, 0.3) is 0 Å². The highest BCUT2D eigenvalue weighted by Crippen LogP contribution is 2.14. The fraction of sp³-hybridized carbons (Fsp3) is 0.265. The summed E-state index contributed by atoms with van der Waals surface area (Å²) in [7, 11) is -2.16. The molecule has 7 N–H and O–H groups in total. The highest BCUT2D eigenvalue weighted by Gasteiger charge is 2.13. The Morgan fingerprint density at radius 1 is 0.870 bits per heavy atom. The molecule has 11 nitrogen and oxygen atoms in total. The molecule has 0 aliphatic heterocycles. The summed E-state index contributed by atoms with van der Waals surface area (Å²) in [5, 5.41) is 19.5. The molecule has 4 rings (SSSR count). The average Bonchev–Trinajstić information content (AvgIpc) is 3.06. The highest BCUT2D eigenvalue weighted by atomic mass is 32.2. The molecule has 4 aromatic rings. The standard InChI is InChI=1S/C34H40N6O5S/c1-23(37-22-31(41)29-12-15-32(35)38-21-29)16-26-4-3-5-27(17-26)18-33(42)39-19-24-6-10-28(11-7-24)34(43)40-20-25-8-13-30(14-9-25)46(44,45)36-2/h3-15,17,21,23,31,36-37,41H,16,18-20,22H2,1-2H3,(H2,35,38)(H,39,42)(H,40,43). The summed E-state index contributed by atoms with van der Waals surface area (Å²) in [4.78, 5) is 29.4. The second-order valence-electron chi connectivity index (χ2n) is 11.1. The van der Waals surface area contributed by atoms with Crippen molar-refractivity contribution in [3.63, 3.8) is 0 Å². The Kier molecular flexibility index (Phi) is 12.0. The zero-order valence-corrected chi connectivity index (χ0v) is 26.7. The van der Waals surface area contributed by atoms with Crippen molar-refractivity contribution in [3.8, 4) is 0 Å². The Bertz CT molecular complexity index is 1710. The number of aliphatic hydroxyl groups is 1. The van der Waals surface area contributed by atoms with E-state index in [0.717, 1.165) is 28.7 Å². The van der Waals surface area contributed by atoms with Crippen molar-refractivity contribution in [1.82, 2.24) is 25.7 Å². The van der Waals surface area contributed by atoms with Crippen LogP contribution in [0.2, 0.25) is 0 Å². The van der Waals surface area contributed by atoms with Gasteiger partial charge in [-0.2, -0.15) is 0 Å². The quantitative estimate of drug-likeness (QED) is 0.114. The van der Waals surface area contributed by atoms with Crippen LogP contribution in [0.4, 0.5) is 5.82 Å². The van der Waals surface area contributed by atoms with Gasteiger partial charge >= 0.3 is 0 Å². The van der Waals surface area contributed by atoms with Gasteiger partial charge in [0.25, 0.3) is 5.91 Å². The molecular weight excluding hydrogens is 604 g/mol. The fourth-order valence-corrected chi connectivity index (χ4v) is 5.48. The van der Waals surface area contributed by atoms with E-state index in [1.54, 1.807) is 54.7 Å². The van der Waals surface area contributed by atoms with E-state index in [0.29, 0.717) is 30.0 Å². The van der Waals surface area contributed by atoms with Crippen molar-refractivity contribution in [1.29, 1.82) is 0 Å². The molecule has 0 fully saturated rings. The van der Waals surface area contributed by atoms with Gasteiger partial charge in [0, 0.05) is 43.0 Å². The van der Waals surface area contributed by atoms with Gasteiger partial charge in [0.2, 0.25) is 15.9 Å². The number of benzene rings is 3. The monoisotopic (exact) mass is 644 g/mol. The Hall–Kier alpha value is -4.62. The minimum atomic E-state index is -3.51. The van der Waals surface area contributed by atoms with Gasteiger partial charge in [-0.15, -0.1) is 0 Å². The van der Waals surface area contributed by atoms with Crippen LogP contribution in [0.3, 0.4) is 0 Å². The third-order valence-electron chi connectivity index (χ3n) is 7.41. The predicted molar refractivity (Wildman–Crippen MR) is 177 cm³/mol. The average molecular weight is 645 g/mol. The van der Waals surface area contributed by atoms with Crippen molar-refractivity contribution >= 4 is 27.7 Å². The number of amides is 2. The molecular formula is C34H40N6O5S. The maximum atomic E-state index is 12.7. The number of hydrogen-bond donors (Lipinski definition) is 6. The molecule has 3 aromatic carbocycles. The van der Waals surface area contributed by atoms with Gasteiger partial charge in [-0.05, 0) is 73.0 Å². The predicted octanol–water partition coefficient (Wildman–Crippen LogP) is 2.62. The van der Waals surface area contributed by atoms with Crippen LogP contribution in [-0.2, 0) is 40.7 Å². The highest BCUT2D eigenvalue weighted by molar-refractivity contribution is 7.89. The molecule has 1 heterocycles. The molecule has 0 radical (unpaired) electrons. The summed E-state index contributed by atoms with van der Waals surface area (Å²) in [6.07, 6.45) is 1.85. The van der Waals surface area contributed by atoms with Crippen molar-refractivity contribution in [3.05, 3.63) is 125 Å². The summed E-state index contributed by atoms with van der Waals surface area (Å²) < 4.78 is 26.0. The van der Waals surface area contributed by atoms with E-state index < -0.39 is 16.1 Å². The first-order valence-electron chi connectivity index (χ1n) is 14.9. The SMILES string of the molecule is CNS(=O)(=O)c1ccc(CNC(=O)c2ccc(CNC(=O)Cc3cccc(CC(C)NCC(O)c4ccc(N)nc4)c3)cc2)cc1. The summed E-state index contributed by atoms with van der Waals surface area (Å²) in [5.74, 6) is 0.0353. The van der Waals surface area contributed by atoms with Crippen LogP contribution in [0.5, 0.6) is 0 Å². The van der Waals surface area contributed by atoms with Crippen LogP contribution >= 0.6 is 0 Å². The Balaban J connectivity index is 1.19. The third-order valence-corrected chi connectivity index (χ3v) is 8.84. The van der Waals surface area contributed by atoms with Gasteiger partial charge in [-0.1, -0.05) is 54.6 Å². The van der Waals surface area contributed by atoms with Crippen LogP contribution in [0.15, 0.2) is 96.0 Å². The van der Waals surface area contributed by atoms with Gasteiger partial charge < -0.3 is 26.8 Å². The number of nitrogens with zero attached hydrogens (tertiary/aromatic N) is 1. The number of nitrogens with one attached hydrogen (secondary N) is 4. The molecule has 0 aliphatic rings. The second kappa shape index (κ2) is 16.1. The molecule has 0 spiro atoms. The van der Waals surface area contributed by atoms with Crippen LogP contribution < -0.4 is 26.4 Å². The number of aliphatic hydroxyl groups excluding tert-OH is 1. The third kappa shape index (κ3) is 10.2. The number of pyridine rings is 1. The van der Waals surface area contributed by atoms with Crippen LogP contribution in [0, 0.1) is 0 Å². The molecule has 0 saturated heterocycles. The number of rotatable bonds is 15. The molecule has 0 saturated carbocycles. The molecule has 2 amide bonds.